The van der Waals surface area contributed by atoms with Crippen molar-refractivity contribution in [2.24, 2.45) is 5.73 Å². The normalized spacial score (nSPS) is 18.6. The number of aromatic nitrogens is 2. The molecule has 0 aliphatic heterocycles. The lowest BCUT2D eigenvalue weighted by atomic mass is 9.89. The topological polar surface area (TPSA) is 99.7 Å². The Kier molecular flexibility index (Phi) is 5.75. The van der Waals surface area contributed by atoms with Gasteiger partial charge in [-0.1, -0.05) is 30.3 Å². The van der Waals surface area contributed by atoms with Crippen LogP contribution in [0, 0.1) is 0 Å². The summed E-state index contributed by atoms with van der Waals surface area (Å²) in [6.45, 7) is 0.509. The molecule has 8 nitrogen and oxygen atoms in total. The maximum Gasteiger partial charge on any atom is 0.404 e. The summed E-state index contributed by atoms with van der Waals surface area (Å²) in [5, 5.41) is 4.44. The average molecular weight is 372 g/mol. The van der Waals surface area contributed by atoms with E-state index >= 15 is 0 Å². The molecule has 0 atom stereocenters. The van der Waals surface area contributed by atoms with Crippen LogP contribution in [0.4, 0.5) is 4.79 Å². The van der Waals surface area contributed by atoms with Gasteiger partial charge in [-0.2, -0.15) is 5.10 Å². The van der Waals surface area contributed by atoms with Gasteiger partial charge in [-0.15, -0.1) is 0 Å². The molecule has 0 saturated heterocycles. The number of benzene rings is 1. The molecule has 1 heterocycles. The summed E-state index contributed by atoms with van der Waals surface area (Å²) in [6.07, 6.45) is 0.812. The summed E-state index contributed by atoms with van der Waals surface area (Å²) in [4.78, 5) is 24.8. The molecule has 2 aromatic rings. The number of nitrogens with two attached hydrogens (primary N) is 1. The van der Waals surface area contributed by atoms with E-state index in [4.69, 9.17) is 15.2 Å². The van der Waals surface area contributed by atoms with Gasteiger partial charge in [-0.05, 0) is 24.5 Å². The van der Waals surface area contributed by atoms with Gasteiger partial charge in [0.05, 0.1) is 18.8 Å². The Balaban J connectivity index is 1.63. The Hall–Kier alpha value is -2.87. The van der Waals surface area contributed by atoms with Crippen molar-refractivity contribution in [3.05, 3.63) is 53.3 Å². The minimum atomic E-state index is -0.872. The van der Waals surface area contributed by atoms with Crippen LogP contribution >= 0.6 is 0 Å². The predicted molar refractivity (Wildman–Crippen MR) is 97.9 cm³/mol. The van der Waals surface area contributed by atoms with Crippen LogP contribution in [0.25, 0.3) is 0 Å². The molecule has 2 amide bonds. The van der Waals surface area contributed by atoms with Crippen molar-refractivity contribution < 1.29 is 19.1 Å². The Morgan fingerprint density at radius 3 is 2.56 bits per heavy atom. The van der Waals surface area contributed by atoms with Crippen LogP contribution in [0.3, 0.4) is 0 Å². The Morgan fingerprint density at radius 2 is 1.93 bits per heavy atom. The molecule has 1 fully saturated rings. The van der Waals surface area contributed by atoms with Crippen LogP contribution in [-0.4, -0.2) is 46.9 Å². The van der Waals surface area contributed by atoms with Crippen LogP contribution < -0.4 is 5.73 Å². The van der Waals surface area contributed by atoms with Crippen LogP contribution in [-0.2, 0) is 22.7 Å². The van der Waals surface area contributed by atoms with Gasteiger partial charge in [-0.25, -0.2) is 4.79 Å². The lowest BCUT2D eigenvalue weighted by molar-refractivity contribution is -0.0390. The van der Waals surface area contributed by atoms with Gasteiger partial charge in [0.25, 0.3) is 5.91 Å². The first kappa shape index (κ1) is 18.9. The minimum Gasteiger partial charge on any atom is -0.443 e. The molecule has 27 heavy (non-hydrogen) atoms. The highest BCUT2D eigenvalue weighted by atomic mass is 16.5. The SMILES string of the molecule is CN(C)C(=O)c1cc(COC(N)=O)nn1[C@H]1C[C@@H](OCc2ccccc2)C1. The van der Waals surface area contributed by atoms with E-state index in [2.05, 4.69) is 5.10 Å². The minimum absolute atomic E-state index is 0.0588. The molecule has 1 saturated carbocycles. The van der Waals surface area contributed by atoms with Crippen molar-refractivity contribution in [1.29, 1.82) is 0 Å². The number of carbonyl (C=O) groups excluding carboxylic acids is 2. The smallest absolute Gasteiger partial charge is 0.404 e. The third kappa shape index (κ3) is 4.65. The second-order valence-corrected chi connectivity index (χ2v) is 6.82. The van der Waals surface area contributed by atoms with E-state index < -0.39 is 6.09 Å². The number of nitrogens with zero attached hydrogens (tertiary/aromatic N) is 3. The lowest BCUT2D eigenvalue weighted by Crippen LogP contribution is -2.36. The summed E-state index contributed by atoms with van der Waals surface area (Å²) in [6, 6.07) is 11.7. The number of hydrogen-bond donors (Lipinski definition) is 1. The van der Waals surface area contributed by atoms with E-state index in [9.17, 15) is 9.59 Å². The molecule has 144 valence electrons. The van der Waals surface area contributed by atoms with Crippen molar-refractivity contribution in [3.8, 4) is 0 Å². The maximum atomic E-state index is 12.5. The standard InChI is InChI=1S/C19H24N4O4/c1-22(2)18(24)17-8-14(12-27-19(20)25)21-23(17)15-9-16(10-15)26-11-13-6-4-3-5-7-13/h3-8,15-16H,9-12H2,1-2H3,(H2,20,25)/t15-,16+. The molecule has 2 N–H and O–H groups in total. The van der Waals surface area contributed by atoms with Gasteiger partial charge in [0, 0.05) is 14.1 Å². The first-order valence-corrected chi connectivity index (χ1v) is 8.82. The van der Waals surface area contributed by atoms with Gasteiger partial charge in [0.15, 0.2) is 0 Å². The molecule has 1 aromatic heterocycles. The molecular weight excluding hydrogens is 348 g/mol. The highest BCUT2D eigenvalue weighted by Gasteiger charge is 2.35. The Morgan fingerprint density at radius 1 is 1.22 bits per heavy atom. The number of primary amides is 1. The molecule has 0 unspecified atom stereocenters. The molecule has 1 aliphatic rings. The molecule has 0 bridgehead atoms. The van der Waals surface area contributed by atoms with Crippen molar-refractivity contribution in [2.45, 2.75) is 38.2 Å². The zero-order chi connectivity index (χ0) is 19.4. The van der Waals surface area contributed by atoms with E-state index in [-0.39, 0.29) is 24.7 Å². The van der Waals surface area contributed by atoms with E-state index in [0.717, 1.165) is 18.4 Å². The fourth-order valence-electron chi connectivity index (χ4n) is 2.99. The van der Waals surface area contributed by atoms with Crippen molar-refractivity contribution >= 4 is 12.0 Å². The van der Waals surface area contributed by atoms with Gasteiger partial charge in [0.2, 0.25) is 0 Å². The first-order valence-electron chi connectivity index (χ1n) is 8.82. The lowest BCUT2D eigenvalue weighted by Gasteiger charge is -2.36. The Bertz CT molecular complexity index is 797. The van der Waals surface area contributed by atoms with Gasteiger partial charge in [-0.3, -0.25) is 9.48 Å². The van der Waals surface area contributed by atoms with E-state index in [0.29, 0.717) is 18.0 Å². The van der Waals surface area contributed by atoms with Crippen LogP contribution in [0.5, 0.6) is 0 Å². The van der Waals surface area contributed by atoms with Crippen molar-refractivity contribution in [1.82, 2.24) is 14.7 Å². The fourth-order valence-corrected chi connectivity index (χ4v) is 2.99. The molecular formula is C19H24N4O4. The van der Waals surface area contributed by atoms with E-state index in [1.54, 1.807) is 24.8 Å². The number of amides is 2. The Labute approximate surface area is 157 Å². The molecule has 1 aromatic carbocycles. The molecule has 0 spiro atoms. The van der Waals surface area contributed by atoms with E-state index in [1.807, 2.05) is 30.3 Å². The molecule has 3 rings (SSSR count). The van der Waals surface area contributed by atoms with Crippen LogP contribution in [0.2, 0.25) is 0 Å². The second-order valence-electron chi connectivity index (χ2n) is 6.82. The van der Waals surface area contributed by atoms with Crippen molar-refractivity contribution in [3.63, 3.8) is 0 Å². The number of rotatable bonds is 7. The number of carbonyl (C=O) groups is 2. The molecule has 1 aliphatic carbocycles. The van der Waals surface area contributed by atoms with Crippen LogP contribution in [0.1, 0.15) is 40.6 Å². The number of ether oxygens (including phenoxy) is 2. The largest absolute Gasteiger partial charge is 0.443 e. The summed E-state index contributed by atoms with van der Waals surface area (Å²) < 4.78 is 12.4. The third-order valence-corrected chi connectivity index (χ3v) is 4.52. The highest BCUT2D eigenvalue weighted by Crippen LogP contribution is 2.36. The predicted octanol–water partition coefficient (Wildman–Crippen LogP) is 2.10. The van der Waals surface area contributed by atoms with Crippen LogP contribution in [0.15, 0.2) is 36.4 Å². The quantitative estimate of drug-likeness (QED) is 0.802. The summed E-state index contributed by atoms with van der Waals surface area (Å²) in [5.41, 5.74) is 7.10. The maximum absolute atomic E-state index is 12.5. The average Bonchev–Trinajstić information content (AvgIpc) is 3.02. The van der Waals surface area contributed by atoms with Gasteiger partial charge < -0.3 is 20.1 Å². The monoisotopic (exact) mass is 372 g/mol. The second kappa shape index (κ2) is 8.22. The zero-order valence-corrected chi connectivity index (χ0v) is 15.5. The molecule has 0 radical (unpaired) electrons. The van der Waals surface area contributed by atoms with Crippen molar-refractivity contribution in [2.75, 3.05) is 14.1 Å². The summed E-state index contributed by atoms with van der Waals surface area (Å²) in [7, 11) is 3.37. The fraction of sp³-hybridized carbons (Fsp3) is 0.421. The zero-order valence-electron chi connectivity index (χ0n) is 15.5. The number of hydrogen-bond acceptors (Lipinski definition) is 5. The molecule has 8 heteroatoms. The van der Waals surface area contributed by atoms with Gasteiger partial charge >= 0.3 is 6.09 Å². The summed E-state index contributed by atoms with van der Waals surface area (Å²) >= 11 is 0. The highest BCUT2D eigenvalue weighted by molar-refractivity contribution is 5.92. The first-order chi connectivity index (χ1) is 12.9. The summed E-state index contributed by atoms with van der Waals surface area (Å²) in [5.74, 6) is -0.151. The third-order valence-electron chi connectivity index (χ3n) is 4.52. The van der Waals surface area contributed by atoms with Gasteiger partial charge in [0.1, 0.15) is 18.0 Å². The van der Waals surface area contributed by atoms with E-state index in [1.165, 1.54) is 4.90 Å².